The van der Waals surface area contributed by atoms with Crippen molar-refractivity contribution in [3.05, 3.63) is 64.4 Å². The lowest BCUT2D eigenvalue weighted by Gasteiger charge is -2.02. The molecule has 0 saturated heterocycles. The summed E-state index contributed by atoms with van der Waals surface area (Å²) in [6.07, 6.45) is 3.12. The Balaban J connectivity index is 1.71. The number of aryl methyl sites for hydroxylation is 3. The van der Waals surface area contributed by atoms with Gasteiger partial charge in [-0.25, -0.2) is 0 Å². The van der Waals surface area contributed by atoms with Crippen molar-refractivity contribution < 1.29 is 9.26 Å². The fourth-order valence-corrected chi connectivity index (χ4v) is 2.28. The first-order valence-electron chi connectivity index (χ1n) is 7.28. The van der Waals surface area contributed by atoms with Crippen LogP contribution in [0.4, 0.5) is 0 Å². The number of benzene rings is 1. The van der Waals surface area contributed by atoms with Gasteiger partial charge in [-0.1, -0.05) is 17.3 Å². The summed E-state index contributed by atoms with van der Waals surface area (Å²) in [5.74, 6) is 1.89. The van der Waals surface area contributed by atoms with Gasteiger partial charge in [-0.3, -0.25) is 4.79 Å². The summed E-state index contributed by atoms with van der Waals surface area (Å²) >= 11 is 0. The molecule has 0 radical (unpaired) electrons. The summed E-state index contributed by atoms with van der Waals surface area (Å²) < 4.78 is 12.0. The van der Waals surface area contributed by atoms with E-state index in [1.54, 1.807) is 26.4 Å². The predicted molar refractivity (Wildman–Crippen MR) is 85.4 cm³/mol. The number of pyridine rings is 1. The van der Waals surface area contributed by atoms with Crippen molar-refractivity contribution in [3.63, 3.8) is 0 Å². The molecule has 118 valence electrons. The van der Waals surface area contributed by atoms with Crippen molar-refractivity contribution in [2.75, 3.05) is 7.11 Å². The van der Waals surface area contributed by atoms with Crippen LogP contribution in [0.25, 0.3) is 11.4 Å². The number of ether oxygens (including phenoxy) is 1. The van der Waals surface area contributed by atoms with Crippen LogP contribution in [0.3, 0.4) is 0 Å². The molecule has 0 aliphatic rings. The molecule has 1 aromatic carbocycles. The maximum absolute atomic E-state index is 11.4. The standard InChI is InChI=1S/C17H17N3O3/c1-20-11-13(7-9-16(20)21)17-18-15(23-19-17)8-6-12-4-3-5-14(10-12)22-2/h3-5,7,9-11H,6,8H2,1-2H3. The van der Waals surface area contributed by atoms with Crippen LogP contribution in [0.15, 0.2) is 51.9 Å². The van der Waals surface area contributed by atoms with E-state index >= 15 is 0 Å². The van der Waals surface area contributed by atoms with Crippen molar-refractivity contribution in [2.24, 2.45) is 7.05 Å². The highest BCUT2D eigenvalue weighted by Gasteiger charge is 2.09. The van der Waals surface area contributed by atoms with Crippen LogP contribution in [-0.2, 0) is 19.9 Å². The van der Waals surface area contributed by atoms with Gasteiger partial charge in [0.05, 0.1) is 7.11 Å². The first-order valence-corrected chi connectivity index (χ1v) is 7.28. The van der Waals surface area contributed by atoms with Gasteiger partial charge in [-0.15, -0.1) is 0 Å². The van der Waals surface area contributed by atoms with E-state index in [4.69, 9.17) is 9.26 Å². The highest BCUT2D eigenvalue weighted by molar-refractivity contribution is 5.52. The Labute approximate surface area is 133 Å². The second-order valence-corrected chi connectivity index (χ2v) is 5.23. The third-order valence-corrected chi connectivity index (χ3v) is 3.57. The Kier molecular flexibility index (Phi) is 4.23. The second-order valence-electron chi connectivity index (χ2n) is 5.23. The quantitative estimate of drug-likeness (QED) is 0.722. The van der Waals surface area contributed by atoms with Crippen molar-refractivity contribution in [1.82, 2.24) is 14.7 Å². The summed E-state index contributed by atoms with van der Waals surface area (Å²) in [5.41, 5.74) is 1.82. The van der Waals surface area contributed by atoms with E-state index in [0.717, 1.165) is 23.3 Å². The maximum atomic E-state index is 11.4. The van der Waals surface area contributed by atoms with E-state index in [2.05, 4.69) is 10.1 Å². The lowest BCUT2D eigenvalue weighted by molar-refractivity contribution is 0.378. The molecule has 0 amide bonds. The van der Waals surface area contributed by atoms with E-state index in [1.165, 1.54) is 10.6 Å². The molecule has 6 heteroatoms. The molecule has 0 aliphatic heterocycles. The number of aromatic nitrogens is 3. The summed E-state index contributed by atoms with van der Waals surface area (Å²) in [6, 6.07) is 11.1. The zero-order chi connectivity index (χ0) is 16.2. The first kappa shape index (κ1) is 15.0. The SMILES string of the molecule is COc1cccc(CCc2nc(-c3ccc(=O)n(C)c3)no2)c1. The van der Waals surface area contributed by atoms with Crippen LogP contribution in [-0.4, -0.2) is 21.8 Å². The van der Waals surface area contributed by atoms with Gasteiger partial charge >= 0.3 is 0 Å². The molecule has 23 heavy (non-hydrogen) atoms. The molecular weight excluding hydrogens is 294 g/mol. The van der Waals surface area contributed by atoms with Gasteiger partial charge in [0, 0.05) is 31.3 Å². The molecular formula is C17H17N3O3. The Bertz CT molecular complexity index is 867. The van der Waals surface area contributed by atoms with Crippen molar-refractivity contribution >= 4 is 0 Å². The predicted octanol–water partition coefficient (Wildman–Crippen LogP) is 2.23. The average Bonchev–Trinajstić information content (AvgIpc) is 3.05. The lowest BCUT2D eigenvalue weighted by Crippen LogP contribution is -2.14. The van der Waals surface area contributed by atoms with Crippen LogP contribution in [0.5, 0.6) is 5.75 Å². The van der Waals surface area contributed by atoms with Gasteiger partial charge in [-0.05, 0) is 30.2 Å². The third kappa shape index (κ3) is 3.48. The molecule has 3 rings (SSSR count). The van der Waals surface area contributed by atoms with E-state index in [0.29, 0.717) is 18.1 Å². The van der Waals surface area contributed by atoms with Crippen LogP contribution in [0.1, 0.15) is 11.5 Å². The van der Waals surface area contributed by atoms with Gasteiger partial charge in [0.1, 0.15) is 5.75 Å². The normalized spacial score (nSPS) is 10.7. The number of rotatable bonds is 5. The zero-order valence-electron chi connectivity index (χ0n) is 13.0. The molecule has 2 aromatic heterocycles. The van der Waals surface area contributed by atoms with Gasteiger partial charge in [0.15, 0.2) is 0 Å². The molecule has 6 nitrogen and oxygen atoms in total. The van der Waals surface area contributed by atoms with Crippen LogP contribution >= 0.6 is 0 Å². The lowest BCUT2D eigenvalue weighted by atomic mass is 10.1. The Morgan fingerprint density at radius 2 is 2.09 bits per heavy atom. The summed E-state index contributed by atoms with van der Waals surface area (Å²) in [5, 5.41) is 3.98. The van der Waals surface area contributed by atoms with E-state index in [1.807, 2.05) is 24.3 Å². The molecule has 3 aromatic rings. The maximum Gasteiger partial charge on any atom is 0.250 e. The van der Waals surface area contributed by atoms with Gasteiger partial charge in [0.2, 0.25) is 17.3 Å². The zero-order valence-corrected chi connectivity index (χ0v) is 13.0. The van der Waals surface area contributed by atoms with Crippen LogP contribution in [0, 0.1) is 0 Å². The monoisotopic (exact) mass is 311 g/mol. The molecule has 0 unspecified atom stereocenters. The van der Waals surface area contributed by atoms with Crippen molar-refractivity contribution in [2.45, 2.75) is 12.8 Å². The topological polar surface area (TPSA) is 70.2 Å². The molecule has 0 atom stereocenters. The third-order valence-electron chi connectivity index (χ3n) is 3.57. The molecule has 0 aliphatic carbocycles. The number of hydrogen-bond donors (Lipinski definition) is 0. The molecule has 2 heterocycles. The summed E-state index contributed by atoms with van der Waals surface area (Å²) in [6.45, 7) is 0. The van der Waals surface area contributed by atoms with E-state index in [-0.39, 0.29) is 5.56 Å². The minimum atomic E-state index is -0.0736. The van der Waals surface area contributed by atoms with Gasteiger partial charge in [-0.2, -0.15) is 4.98 Å². The minimum Gasteiger partial charge on any atom is -0.497 e. The summed E-state index contributed by atoms with van der Waals surface area (Å²) in [4.78, 5) is 15.8. The smallest absolute Gasteiger partial charge is 0.250 e. The number of nitrogens with zero attached hydrogens (tertiary/aromatic N) is 3. The molecule has 0 fully saturated rings. The van der Waals surface area contributed by atoms with E-state index < -0.39 is 0 Å². The molecule has 0 spiro atoms. The van der Waals surface area contributed by atoms with E-state index in [9.17, 15) is 4.79 Å². The Hall–Kier alpha value is -2.89. The van der Waals surface area contributed by atoms with Crippen LogP contribution in [0.2, 0.25) is 0 Å². The highest BCUT2D eigenvalue weighted by Crippen LogP contribution is 2.17. The second kappa shape index (κ2) is 6.48. The van der Waals surface area contributed by atoms with Crippen molar-refractivity contribution in [3.8, 4) is 17.1 Å². The fraction of sp³-hybridized carbons (Fsp3) is 0.235. The number of methoxy groups -OCH3 is 1. The largest absolute Gasteiger partial charge is 0.497 e. The number of hydrogen-bond acceptors (Lipinski definition) is 5. The van der Waals surface area contributed by atoms with Crippen molar-refractivity contribution in [1.29, 1.82) is 0 Å². The van der Waals surface area contributed by atoms with Gasteiger partial charge < -0.3 is 13.8 Å². The minimum absolute atomic E-state index is 0.0736. The first-order chi connectivity index (χ1) is 11.2. The fourth-order valence-electron chi connectivity index (χ4n) is 2.28. The highest BCUT2D eigenvalue weighted by atomic mass is 16.5. The molecule has 0 N–H and O–H groups in total. The molecule has 0 saturated carbocycles. The average molecular weight is 311 g/mol. The van der Waals surface area contributed by atoms with Gasteiger partial charge in [0.25, 0.3) is 0 Å². The van der Waals surface area contributed by atoms with Crippen LogP contribution < -0.4 is 10.3 Å². The summed E-state index contributed by atoms with van der Waals surface area (Å²) in [7, 11) is 3.34. The molecule has 0 bridgehead atoms. The Morgan fingerprint density at radius 1 is 1.22 bits per heavy atom. The Morgan fingerprint density at radius 3 is 2.87 bits per heavy atom.